The van der Waals surface area contributed by atoms with E-state index in [2.05, 4.69) is 15.2 Å². The van der Waals surface area contributed by atoms with Gasteiger partial charge in [-0.05, 0) is 61.1 Å². The van der Waals surface area contributed by atoms with Gasteiger partial charge >= 0.3 is 0 Å². The normalized spacial score (nSPS) is 13.6. The second-order valence-electron chi connectivity index (χ2n) is 7.50. The van der Waals surface area contributed by atoms with E-state index in [1.54, 1.807) is 22.9 Å². The number of pyridine rings is 1. The third-order valence-electron chi connectivity index (χ3n) is 5.35. The molecule has 4 rings (SSSR count). The number of amides is 1. The number of fused-ring (bicyclic) bond motifs is 1. The third-order valence-corrected chi connectivity index (χ3v) is 6.37. The molecule has 1 amide bonds. The Morgan fingerprint density at radius 3 is 2.72 bits per heavy atom. The Morgan fingerprint density at radius 1 is 1.10 bits per heavy atom. The summed E-state index contributed by atoms with van der Waals surface area (Å²) in [6.07, 6.45) is 7.62. The molecule has 0 saturated carbocycles. The van der Waals surface area contributed by atoms with Crippen LogP contribution in [0.4, 0.5) is 0 Å². The summed E-state index contributed by atoms with van der Waals surface area (Å²) in [4.78, 5) is 19.0. The fraction of sp³-hybridized carbons (Fsp3) is 0.348. The van der Waals surface area contributed by atoms with Gasteiger partial charge in [0, 0.05) is 30.3 Å². The predicted molar refractivity (Wildman–Crippen MR) is 116 cm³/mol. The van der Waals surface area contributed by atoms with Gasteiger partial charge in [0.1, 0.15) is 0 Å². The quantitative estimate of drug-likeness (QED) is 0.479. The monoisotopic (exact) mass is 406 g/mol. The average molecular weight is 407 g/mol. The Kier molecular flexibility index (Phi) is 6.30. The molecule has 1 N–H and O–H groups in total. The molecule has 0 radical (unpaired) electrons. The molecule has 2 heterocycles. The molecule has 29 heavy (non-hydrogen) atoms. The van der Waals surface area contributed by atoms with Gasteiger partial charge in [-0.3, -0.25) is 9.89 Å². The molecule has 0 fully saturated rings. The molecule has 0 aliphatic heterocycles. The van der Waals surface area contributed by atoms with E-state index in [0.717, 1.165) is 29.3 Å². The Hall–Kier alpha value is -2.60. The molecular formula is C23H26N4OS. The highest BCUT2D eigenvalue weighted by Gasteiger charge is 2.19. The number of nitrogens with one attached hydrogen (secondary N) is 1. The van der Waals surface area contributed by atoms with Gasteiger partial charge in [-0.2, -0.15) is 5.10 Å². The second-order valence-corrected chi connectivity index (χ2v) is 8.50. The van der Waals surface area contributed by atoms with E-state index in [1.165, 1.54) is 36.1 Å². The van der Waals surface area contributed by atoms with Crippen LogP contribution in [0.2, 0.25) is 0 Å². The Bertz CT molecular complexity index is 953. The van der Waals surface area contributed by atoms with Crippen LogP contribution in [0.15, 0.2) is 53.7 Å². The maximum absolute atomic E-state index is 12.9. The van der Waals surface area contributed by atoms with Gasteiger partial charge in [0.05, 0.1) is 17.3 Å². The summed E-state index contributed by atoms with van der Waals surface area (Å²) in [6, 6.07) is 13.8. The molecule has 5 nitrogen and oxygen atoms in total. The summed E-state index contributed by atoms with van der Waals surface area (Å²) in [5.74, 6) is 0.861. The van der Waals surface area contributed by atoms with Crippen molar-refractivity contribution in [3.8, 4) is 0 Å². The lowest BCUT2D eigenvalue weighted by Gasteiger charge is -2.17. The van der Waals surface area contributed by atoms with Gasteiger partial charge in [0.15, 0.2) is 0 Å². The van der Waals surface area contributed by atoms with Crippen molar-refractivity contribution < 1.29 is 4.79 Å². The molecule has 0 bridgehead atoms. The van der Waals surface area contributed by atoms with Gasteiger partial charge in [-0.1, -0.05) is 24.6 Å². The molecule has 1 aromatic carbocycles. The van der Waals surface area contributed by atoms with Crippen molar-refractivity contribution in [1.82, 2.24) is 20.1 Å². The zero-order valence-corrected chi connectivity index (χ0v) is 17.5. The number of aryl methyl sites for hydroxylation is 1. The lowest BCUT2D eigenvalue weighted by atomic mass is 10.1. The van der Waals surface area contributed by atoms with Crippen LogP contribution in [-0.2, 0) is 25.1 Å². The number of nitrogens with zero attached hydrogens (tertiary/aromatic N) is 3. The summed E-state index contributed by atoms with van der Waals surface area (Å²) in [5.41, 5.74) is 5.48. The van der Waals surface area contributed by atoms with Crippen molar-refractivity contribution in [1.29, 1.82) is 0 Å². The van der Waals surface area contributed by atoms with Crippen LogP contribution in [0.25, 0.3) is 0 Å². The second kappa shape index (κ2) is 9.27. The molecule has 0 saturated heterocycles. The molecule has 6 heteroatoms. The zero-order chi connectivity index (χ0) is 20.1. The molecule has 2 aromatic heterocycles. The highest BCUT2D eigenvalue weighted by atomic mass is 32.2. The minimum atomic E-state index is 0.0271. The van der Waals surface area contributed by atoms with Gasteiger partial charge in [0.2, 0.25) is 0 Å². The first kappa shape index (κ1) is 19.7. The fourth-order valence-corrected chi connectivity index (χ4v) is 4.52. The van der Waals surface area contributed by atoms with Gasteiger partial charge in [-0.15, -0.1) is 11.8 Å². The van der Waals surface area contributed by atoms with Crippen LogP contribution in [-0.4, -0.2) is 33.0 Å². The summed E-state index contributed by atoms with van der Waals surface area (Å²) >= 11 is 1.69. The van der Waals surface area contributed by atoms with Crippen molar-refractivity contribution in [2.75, 3.05) is 7.05 Å². The smallest absolute Gasteiger partial charge is 0.253 e. The van der Waals surface area contributed by atoms with Crippen LogP contribution in [0, 0.1) is 0 Å². The number of aromatic nitrogens is 3. The largest absolute Gasteiger partial charge is 0.336 e. The van der Waals surface area contributed by atoms with Crippen LogP contribution < -0.4 is 0 Å². The topological polar surface area (TPSA) is 61.9 Å². The number of H-pyrrole nitrogens is 1. The first-order valence-electron chi connectivity index (χ1n) is 10.1. The Balaban J connectivity index is 1.37. The molecule has 0 spiro atoms. The third kappa shape index (κ3) is 4.88. The standard InChI is InChI=1S/C23H26N4OS/c1-27(15-21-19-7-3-2-4-8-20(19)25-26-21)23(28)18-12-10-17(11-13-18)16-29-22-9-5-6-14-24-22/h5-6,9-14H,2-4,7-8,15-16H2,1H3,(H,25,26). The van der Waals surface area contributed by atoms with Gasteiger partial charge < -0.3 is 4.90 Å². The minimum absolute atomic E-state index is 0.0271. The maximum atomic E-state index is 12.9. The van der Waals surface area contributed by atoms with Crippen LogP contribution in [0.5, 0.6) is 0 Å². The summed E-state index contributed by atoms with van der Waals surface area (Å²) in [5, 5.41) is 8.69. The number of rotatable bonds is 6. The molecule has 0 atom stereocenters. The lowest BCUT2D eigenvalue weighted by Crippen LogP contribution is -2.26. The minimum Gasteiger partial charge on any atom is -0.336 e. The first-order valence-corrected chi connectivity index (χ1v) is 11.1. The zero-order valence-electron chi connectivity index (χ0n) is 16.7. The molecule has 150 valence electrons. The molecule has 3 aromatic rings. The SMILES string of the molecule is CN(Cc1n[nH]c2c1CCCCC2)C(=O)c1ccc(CSc2ccccn2)cc1. The first-order chi connectivity index (χ1) is 14.2. The lowest BCUT2D eigenvalue weighted by molar-refractivity contribution is 0.0783. The predicted octanol–water partition coefficient (Wildman–Crippen LogP) is 4.64. The Labute approximate surface area is 175 Å². The van der Waals surface area contributed by atoms with Gasteiger partial charge in [-0.25, -0.2) is 4.98 Å². The molecule has 1 aliphatic carbocycles. The highest BCUT2D eigenvalue weighted by molar-refractivity contribution is 7.98. The molecular weight excluding hydrogens is 380 g/mol. The van der Waals surface area contributed by atoms with E-state index in [9.17, 15) is 4.79 Å². The number of hydrogen-bond donors (Lipinski definition) is 1. The van der Waals surface area contributed by atoms with Crippen LogP contribution in [0.3, 0.4) is 0 Å². The van der Waals surface area contributed by atoms with Crippen molar-refractivity contribution in [3.05, 3.63) is 76.7 Å². The van der Waals surface area contributed by atoms with Crippen molar-refractivity contribution in [3.63, 3.8) is 0 Å². The molecule has 0 unspecified atom stereocenters. The van der Waals surface area contributed by atoms with Crippen molar-refractivity contribution in [2.24, 2.45) is 0 Å². The van der Waals surface area contributed by atoms with E-state index in [4.69, 9.17) is 0 Å². The number of hydrogen-bond acceptors (Lipinski definition) is 4. The van der Waals surface area contributed by atoms with E-state index in [1.807, 2.05) is 49.5 Å². The summed E-state index contributed by atoms with van der Waals surface area (Å²) < 4.78 is 0. The summed E-state index contributed by atoms with van der Waals surface area (Å²) in [7, 11) is 1.85. The number of benzene rings is 1. The van der Waals surface area contributed by atoms with Crippen LogP contribution >= 0.6 is 11.8 Å². The summed E-state index contributed by atoms with van der Waals surface area (Å²) in [6.45, 7) is 0.544. The average Bonchev–Trinajstić information content (AvgIpc) is 2.98. The highest BCUT2D eigenvalue weighted by Crippen LogP contribution is 2.23. The number of carbonyl (C=O) groups excluding carboxylic acids is 1. The fourth-order valence-electron chi connectivity index (χ4n) is 3.71. The van der Waals surface area contributed by atoms with Crippen molar-refractivity contribution in [2.45, 2.75) is 49.4 Å². The van der Waals surface area contributed by atoms with E-state index < -0.39 is 0 Å². The van der Waals surface area contributed by atoms with Gasteiger partial charge in [0.25, 0.3) is 5.91 Å². The van der Waals surface area contributed by atoms with E-state index in [0.29, 0.717) is 12.1 Å². The van der Waals surface area contributed by atoms with E-state index >= 15 is 0 Å². The van der Waals surface area contributed by atoms with Crippen LogP contribution in [0.1, 0.15) is 52.1 Å². The number of carbonyl (C=O) groups is 1. The number of aromatic amines is 1. The van der Waals surface area contributed by atoms with Crippen molar-refractivity contribution >= 4 is 17.7 Å². The maximum Gasteiger partial charge on any atom is 0.253 e. The molecule has 1 aliphatic rings. The van der Waals surface area contributed by atoms with E-state index in [-0.39, 0.29) is 5.91 Å². The Morgan fingerprint density at radius 2 is 1.93 bits per heavy atom. The number of thioether (sulfide) groups is 1.